The fourth-order valence-electron chi connectivity index (χ4n) is 1.90. The molecule has 5 nitrogen and oxygen atoms in total. The summed E-state index contributed by atoms with van der Waals surface area (Å²) >= 11 is 0. The molecule has 1 aromatic rings. The maximum atomic E-state index is 11.5. The van der Waals surface area contributed by atoms with Gasteiger partial charge in [-0.05, 0) is 16.5 Å². The first-order valence-electron chi connectivity index (χ1n) is 7.56. The number of carbonyl (C=O) groups excluding carboxylic acids is 2. The molecule has 0 aromatic heterocycles. The summed E-state index contributed by atoms with van der Waals surface area (Å²) in [5.74, 6) is -0.486. The van der Waals surface area contributed by atoms with Crippen molar-refractivity contribution >= 4 is 11.8 Å². The minimum Gasteiger partial charge on any atom is -0.387 e. The number of aliphatic hydroxyl groups is 1. The smallest absolute Gasteiger partial charge is 0.239 e. The van der Waals surface area contributed by atoms with Crippen molar-refractivity contribution in [3.8, 4) is 0 Å². The van der Waals surface area contributed by atoms with E-state index in [1.165, 1.54) is 5.56 Å². The predicted octanol–water partition coefficient (Wildman–Crippen LogP) is 1.66. The van der Waals surface area contributed by atoms with E-state index in [1.807, 2.05) is 24.3 Å². The van der Waals surface area contributed by atoms with Crippen LogP contribution in [0.3, 0.4) is 0 Å². The van der Waals surface area contributed by atoms with Gasteiger partial charge in [0.1, 0.15) is 0 Å². The predicted molar refractivity (Wildman–Crippen MR) is 86.4 cm³/mol. The van der Waals surface area contributed by atoms with Gasteiger partial charge in [-0.3, -0.25) is 9.59 Å². The highest BCUT2D eigenvalue weighted by atomic mass is 16.3. The van der Waals surface area contributed by atoms with Gasteiger partial charge in [-0.25, -0.2) is 0 Å². The molecule has 5 heteroatoms. The van der Waals surface area contributed by atoms with E-state index in [9.17, 15) is 14.7 Å². The van der Waals surface area contributed by atoms with Gasteiger partial charge in [-0.2, -0.15) is 0 Å². The average Bonchev–Trinajstić information content (AvgIpc) is 2.49. The van der Waals surface area contributed by atoms with E-state index in [1.54, 1.807) is 6.92 Å². The van der Waals surface area contributed by atoms with Crippen LogP contribution in [-0.2, 0) is 15.0 Å². The third kappa shape index (κ3) is 5.85. The molecule has 1 atom stereocenters. The second-order valence-electron chi connectivity index (χ2n) is 6.32. The number of rotatable bonds is 6. The van der Waals surface area contributed by atoms with Crippen molar-refractivity contribution in [3.63, 3.8) is 0 Å². The van der Waals surface area contributed by atoms with Crippen molar-refractivity contribution in [3.05, 3.63) is 35.4 Å². The SMILES string of the molecule is CCC(=O)NCC(=O)NCC(O)c1ccc(C(C)(C)C)cc1. The maximum absolute atomic E-state index is 11.5. The lowest BCUT2D eigenvalue weighted by Crippen LogP contribution is -2.38. The summed E-state index contributed by atoms with van der Waals surface area (Å²) in [5, 5.41) is 15.2. The molecule has 0 aliphatic heterocycles. The molecule has 0 fully saturated rings. The van der Waals surface area contributed by atoms with Crippen LogP contribution >= 0.6 is 0 Å². The third-order valence-electron chi connectivity index (χ3n) is 3.42. The zero-order valence-corrected chi connectivity index (χ0v) is 13.8. The lowest BCUT2D eigenvalue weighted by molar-refractivity contribution is -0.126. The molecule has 0 bridgehead atoms. The third-order valence-corrected chi connectivity index (χ3v) is 3.42. The average molecular weight is 306 g/mol. The summed E-state index contributed by atoms with van der Waals surface area (Å²) in [6.07, 6.45) is -0.421. The Hall–Kier alpha value is -1.88. The molecule has 0 radical (unpaired) electrons. The normalized spacial score (nSPS) is 12.6. The highest BCUT2D eigenvalue weighted by Gasteiger charge is 2.15. The van der Waals surface area contributed by atoms with Crippen molar-refractivity contribution in [2.45, 2.75) is 45.6 Å². The van der Waals surface area contributed by atoms with Crippen molar-refractivity contribution in [2.75, 3.05) is 13.1 Å². The Bertz CT molecular complexity index is 504. The Morgan fingerprint density at radius 2 is 1.68 bits per heavy atom. The van der Waals surface area contributed by atoms with E-state index >= 15 is 0 Å². The van der Waals surface area contributed by atoms with E-state index < -0.39 is 6.10 Å². The molecule has 122 valence electrons. The van der Waals surface area contributed by atoms with Gasteiger partial charge < -0.3 is 15.7 Å². The van der Waals surface area contributed by atoms with Gasteiger partial charge in [0.25, 0.3) is 0 Å². The number of hydrogen-bond acceptors (Lipinski definition) is 3. The first-order chi connectivity index (χ1) is 10.2. The lowest BCUT2D eigenvalue weighted by Gasteiger charge is -2.20. The zero-order valence-electron chi connectivity index (χ0n) is 13.8. The number of carbonyl (C=O) groups is 2. The van der Waals surface area contributed by atoms with Crippen molar-refractivity contribution < 1.29 is 14.7 Å². The molecule has 0 heterocycles. The van der Waals surface area contributed by atoms with Crippen LogP contribution in [0.25, 0.3) is 0 Å². The molecule has 0 spiro atoms. The van der Waals surface area contributed by atoms with Crippen LogP contribution in [0.4, 0.5) is 0 Å². The Morgan fingerprint density at radius 3 is 2.18 bits per heavy atom. The first kappa shape index (κ1) is 18.2. The quantitative estimate of drug-likeness (QED) is 0.748. The van der Waals surface area contributed by atoms with E-state index in [2.05, 4.69) is 31.4 Å². The Balaban J connectivity index is 2.47. The monoisotopic (exact) mass is 306 g/mol. The zero-order chi connectivity index (χ0) is 16.8. The minimum atomic E-state index is -0.764. The molecule has 1 unspecified atom stereocenters. The van der Waals surface area contributed by atoms with Gasteiger partial charge in [0.2, 0.25) is 11.8 Å². The largest absolute Gasteiger partial charge is 0.387 e. The first-order valence-corrected chi connectivity index (χ1v) is 7.56. The van der Waals surface area contributed by atoms with Gasteiger partial charge in [0.05, 0.1) is 12.6 Å². The molecule has 2 amide bonds. The van der Waals surface area contributed by atoms with Gasteiger partial charge >= 0.3 is 0 Å². The molecule has 1 rings (SSSR count). The fraction of sp³-hybridized carbons (Fsp3) is 0.529. The van der Waals surface area contributed by atoms with Gasteiger partial charge in [-0.15, -0.1) is 0 Å². The van der Waals surface area contributed by atoms with Gasteiger partial charge in [-0.1, -0.05) is 52.0 Å². The van der Waals surface area contributed by atoms with E-state index in [0.717, 1.165) is 5.56 Å². The summed E-state index contributed by atoms with van der Waals surface area (Å²) in [7, 11) is 0. The highest BCUT2D eigenvalue weighted by molar-refractivity contribution is 5.84. The van der Waals surface area contributed by atoms with Crippen molar-refractivity contribution in [2.24, 2.45) is 0 Å². The van der Waals surface area contributed by atoms with Crippen LogP contribution < -0.4 is 10.6 Å². The topological polar surface area (TPSA) is 78.4 Å². The van der Waals surface area contributed by atoms with Crippen LogP contribution in [0.1, 0.15) is 51.3 Å². The molecular formula is C17H26N2O3. The number of nitrogens with one attached hydrogen (secondary N) is 2. The van der Waals surface area contributed by atoms with Crippen molar-refractivity contribution in [1.82, 2.24) is 10.6 Å². The minimum absolute atomic E-state index is 0.0647. The molecule has 3 N–H and O–H groups in total. The molecule has 0 saturated heterocycles. The summed E-state index contributed by atoms with van der Waals surface area (Å²) in [4.78, 5) is 22.6. The van der Waals surface area contributed by atoms with Crippen LogP contribution in [0, 0.1) is 0 Å². The molecule has 0 aliphatic rings. The van der Waals surface area contributed by atoms with Gasteiger partial charge in [0.15, 0.2) is 0 Å². The van der Waals surface area contributed by atoms with Crippen LogP contribution in [0.15, 0.2) is 24.3 Å². The number of hydrogen-bond donors (Lipinski definition) is 3. The van der Waals surface area contributed by atoms with E-state index in [0.29, 0.717) is 6.42 Å². The lowest BCUT2D eigenvalue weighted by atomic mass is 9.86. The van der Waals surface area contributed by atoms with Crippen LogP contribution in [0.2, 0.25) is 0 Å². The Morgan fingerprint density at radius 1 is 1.09 bits per heavy atom. The number of aliphatic hydroxyl groups excluding tert-OH is 1. The van der Waals surface area contributed by atoms with Gasteiger partial charge in [0, 0.05) is 13.0 Å². The molecule has 1 aromatic carbocycles. The van der Waals surface area contributed by atoms with Crippen LogP contribution in [-0.4, -0.2) is 30.0 Å². The second-order valence-corrected chi connectivity index (χ2v) is 6.32. The second kappa shape index (κ2) is 7.94. The molecule has 22 heavy (non-hydrogen) atoms. The standard InChI is InChI=1S/C17H26N2O3/c1-5-15(21)19-11-16(22)18-10-14(20)12-6-8-13(9-7-12)17(2,3)4/h6-9,14,20H,5,10-11H2,1-4H3,(H,18,22)(H,19,21). The van der Waals surface area contributed by atoms with Crippen LogP contribution in [0.5, 0.6) is 0 Å². The molecule has 0 saturated carbocycles. The highest BCUT2D eigenvalue weighted by Crippen LogP contribution is 2.23. The summed E-state index contributed by atoms with van der Waals surface area (Å²) in [6, 6.07) is 7.72. The summed E-state index contributed by atoms with van der Waals surface area (Å²) in [5.41, 5.74) is 2.01. The van der Waals surface area contributed by atoms with Crippen molar-refractivity contribution in [1.29, 1.82) is 0 Å². The summed E-state index contributed by atoms with van der Waals surface area (Å²) < 4.78 is 0. The fourth-order valence-corrected chi connectivity index (χ4v) is 1.90. The van der Waals surface area contributed by atoms with E-state index in [4.69, 9.17) is 0 Å². The number of benzene rings is 1. The maximum Gasteiger partial charge on any atom is 0.239 e. The van der Waals surface area contributed by atoms with E-state index in [-0.39, 0.29) is 30.3 Å². The molecular weight excluding hydrogens is 280 g/mol. The number of amides is 2. The Kier molecular flexibility index (Phi) is 6.56. The Labute approximate surface area is 132 Å². The summed E-state index contributed by atoms with van der Waals surface area (Å²) in [6.45, 7) is 8.16. The molecule has 0 aliphatic carbocycles.